The van der Waals surface area contributed by atoms with Gasteiger partial charge in [0.1, 0.15) is 11.4 Å². The molecule has 1 amide bonds. The summed E-state index contributed by atoms with van der Waals surface area (Å²) < 4.78 is 5.43. The van der Waals surface area contributed by atoms with Gasteiger partial charge in [0, 0.05) is 17.1 Å². The number of carbonyl (C=O) groups is 1. The molecule has 1 aromatic heterocycles. The van der Waals surface area contributed by atoms with Gasteiger partial charge in [-0.15, -0.1) is 0 Å². The number of ether oxygens (including phenoxy) is 1. The van der Waals surface area contributed by atoms with Crippen LogP contribution >= 0.6 is 0 Å². The van der Waals surface area contributed by atoms with Crippen molar-refractivity contribution in [3.8, 4) is 5.75 Å². The normalized spacial score (nSPS) is 10.5. The van der Waals surface area contributed by atoms with Gasteiger partial charge in [0.15, 0.2) is 0 Å². The van der Waals surface area contributed by atoms with E-state index in [1.165, 1.54) is 5.56 Å². The number of hydrogen-bond acceptors (Lipinski definition) is 5. The molecule has 0 atom stereocenters. The summed E-state index contributed by atoms with van der Waals surface area (Å²) >= 11 is 0. The lowest BCUT2D eigenvalue weighted by Crippen LogP contribution is -2.15. The van der Waals surface area contributed by atoms with Gasteiger partial charge in [0.2, 0.25) is 5.95 Å². The molecule has 2 N–H and O–H groups in total. The van der Waals surface area contributed by atoms with Gasteiger partial charge in [-0.3, -0.25) is 4.79 Å². The van der Waals surface area contributed by atoms with Crippen LogP contribution in [0.2, 0.25) is 0 Å². The molecule has 0 aliphatic heterocycles. The van der Waals surface area contributed by atoms with Crippen molar-refractivity contribution in [2.45, 2.75) is 34.1 Å². The first-order chi connectivity index (χ1) is 14.0. The SMILES string of the molecule is CCOc1ccc(NC(=O)c2cc(C)nc(Nc3c(C)cccc3CC)n2)cc1. The van der Waals surface area contributed by atoms with E-state index in [2.05, 4.69) is 33.6 Å². The molecule has 2 aromatic carbocycles. The van der Waals surface area contributed by atoms with Crippen LogP contribution in [-0.4, -0.2) is 22.5 Å². The molecule has 0 saturated heterocycles. The third-order valence-electron chi connectivity index (χ3n) is 4.49. The molecular formula is C23H26N4O2. The fourth-order valence-electron chi connectivity index (χ4n) is 3.05. The van der Waals surface area contributed by atoms with Crippen LogP contribution in [0.3, 0.4) is 0 Å². The third-order valence-corrected chi connectivity index (χ3v) is 4.49. The van der Waals surface area contributed by atoms with Crippen molar-refractivity contribution in [3.05, 3.63) is 71.0 Å². The number of rotatable bonds is 7. The highest BCUT2D eigenvalue weighted by atomic mass is 16.5. The Morgan fingerprint density at radius 1 is 1.03 bits per heavy atom. The van der Waals surface area contributed by atoms with Gasteiger partial charge in [-0.1, -0.05) is 25.1 Å². The summed E-state index contributed by atoms with van der Waals surface area (Å²) in [5, 5.41) is 6.16. The Kier molecular flexibility index (Phi) is 6.44. The zero-order valence-electron chi connectivity index (χ0n) is 17.2. The highest BCUT2D eigenvalue weighted by Crippen LogP contribution is 2.24. The Morgan fingerprint density at radius 2 is 1.79 bits per heavy atom. The summed E-state index contributed by atoms with van der Waals surface area (Å²) in [6, 6.07) is 15.1. The summed E-state index contributed by atoms with van der Waals surface area (Å²) in [6.45, 7) is 8.52. The number of anilines is 3. The molecule has 0 fully saturated rings. The number of nitrogens with one attached hydrogen (secondary N) is 2. The number of nitrogens with zero attached hydrogens (tertiary/aromatic N) is 2. The van der Waals surface area contributed by atoms with Crippen LogP contribution in [0.25, 0.3) is 0 Å². The topological polar surface area (TPSA) is 76.1 Å². The lowest BCUT2D eigenvalue weighted by Gasteiger charge is -2.14. The molecule has 6 heteroatoms. The van der Waals surface area contributed by atoms with Crippen molar-refractivity contribution in [1.29, 1.82) is 0 Å². The van der Waals surface area contributed by atoms with E-state index in [-0.39, 0.29) is 5.91 Å². The molecule has 3 aromatic rings. The van der Waals surface area contributed by atoms with Crippen LogP contribution in [-0.2, 0) is 6.42 Å². The first-order valence-corrected chi connectivity index (χ1v) is 9.75. The summed E-state index contributed by atoms with van der Waals surface area (Å²) in [7, 11) is 0. The van der Waals surface area contributed by atoms with Crippen LogP contribution in [0.4, 0.5) is 17.3 Å². The minimum Gasteiger partial charge on any atom is -0.494 e. The van der Waals surface area contributed by atoms with Crippen molar-refractivity contribution >= 4 is 23.2 Å². The molecule has 0 saturated carbocycles. The second-order valence-electron chi connectivity index (χ2n) is 6.72. The van der Waals surface area contributed by atoms with E-state index in [1.807, 2.05) is 45.0 Å². The van der Waals surface area contributed by atoms with Crippen molar-refractivity contribution in [2.24, 2.45) is 0 Å². The highest BCUT2D eigenvalue weighted by Gasteiger charge is 2.13. The fraction of sp³-hybridized carbons (Fsp3) is 0.261. The second kappa shape index (κ2) is 9.19. The number of hydrogen-bond donors (Lipinski definition) is 2. The molecule has 150 valence electrons. The van der Waals surface area contributed by atoms with Gasteiger partial charge < -0.3 is 15.4 Å². The molecule has 3 rings (SSSR count). The average molecular weight is 390 g/mol. The van der Waals surface area contributed by atoms with Gasteiger partial charge in [0.05, 0.1) is 6.61 Å². The summed E-state index contributed by atoms with van der Waals surface area (Å²) in [4.78, 5) is 21.6. The molecule has 0 unspecified atom stereocenters. The predicted molar refractivity (Wildman–Crippen MR) is 116 cm³/mol. The Hall–Kier alpha value is -3.41. The smallest absolute Gasteiger partial charge is 0.274 e. The zero-order chi connectivity index (χ0) is 20.8. The minimum absolute atomic E-state index is 0.289. The number of para-hydroxylation sites is 1. The first-order valence-electron chi connectivity index (χ1n) is 9.75. The third kappa shape index (κ3) is 5.10. The van der Waals surface area contributed by atoms with Gasteiger partial charge in [-0.05, 0) is 68.7 Å². The van der Waals surface area contributed by atoms with Crippen LogP contribution in [0.15, 0.2) is 48.5 Å². The molecule has 1 heterocycles. The highest BCUT2D eigenvalue weighted by molar-refractivity contribution is 6.03. The van der Waals surface area contributed by atoms with Crippen LogP contribution in [0.1, 0.15) is 41.2 Å². The summed E-state index contributed by atoms with van der Waals surface area (Å²) in [5.41, 5.74) is 4.96. The van der Waals surface area contributed by atoms with E-state index < -0.39 is 0 Å². The van der Waals surface area contributed by atoms with Crippen molar-refractivity contribution in [3.63, 3.8) is 0 Å². The Bertz CT molecular complexity index is 1000. The summed E-state index contributed by atoms with van der Waals surface area (Å²) in [5.74, 6) is 0.883. The quantitative estimate of drug-likeness (QED) is 0.590. The van der Waals surface area contributed by atoms with E-state index in [0.29, 0.717) is 29.6 Å². The molecule has 0 aliphatic rings. The van der Waals surface area contributed by atoms with Gasteiger partial charge in [0.25, 0.3) is 5.91 Å². The molecule has 0 spiro atoms. The van der Waals surface area contributed by atoms with E-state index in [0.717, 1.165) is 23.4 Å². The molecule has 0 aliphatic carbocycles. The van der Waals surface area contributed by atoms with E-state index in [9.17, 15) is 4.79 Å². The van der Waals surface area contributed by atoms with Crippen molar-refractivity contribution < 1.29 is 9.53 Å². The zero-order valence-corrected chi connectivity index (χ0v) is 17.2. The summed E-state index contributed by atoms with van der Waals surface area (Å²) in [6.07, 6.45) is 0.890. The molecular weight excluding hydrogens is 364 g/mol. The number of benzene rings is 2. The van der Waals surface area contributed by atoms with Crippen LogP contribution in [0, 0.1) is 13.8 Å². The number of aromatic nitrogens is 2. The van der Waals surface area contributed by atoms with E-state index in [4.69, 9.17) is 4.74 Å². The van der Waals surface area contributed by atoms with Gasteiger partial charge in [-0.25, -0.2) is 9.97 Å². The standard InChI is InChI=1S/C23H26N4O2/c1-5-17-9-7-8-15(3)21(17)27-23-24-16(4)14-20(26-23)22(28)25-18-10-12-19(13-11-18)29-6-2/h7-14H,5-6H2,1-4H3,(H,25,28)(H,24,26,27). The molecule has 0 bridgehead atoms. The monoisotopic (exact) mass is 390 g/mol. The Balaban J connectivity index is 1.81. The van der Waals surface area contributed by atoms with Gasteiger partial charge >= 0.3 is 0 Å². The first kappa shape index (κ1) is 20.3. The molecule has 29 heavy (non-hydrogen) atoms. The molecule has 6 nitrogen and oxygen atoms in total. The van der Waals surface area contributed by atoms with E-state index >= 15 is 0 Å². The minimum atomic E-state index is -0.289. The van der Waals surface area contributed by atoms with Crippen LogP contribution < -0.4 is 15.4 Å². The Labute approximate surface area is 171 Å². The largest absolute Gasteiger partial charge is 0.494 e. The van der Waals surface area contributed by atoms with E-state index in [1.54, 1.807) is 18.2 Å². The van der Waals surface area contributed by atoms with Crippen molar-refractivity contribution in [2.75, 3.05) is 17.2 Å². The lowest BCUT2D eigenvalue weighted by molar-refractivity contribution is 0.102. The lowest BCUT2D eigenvalue weighted by atomic mass is 10.1. The number of amides is 1. The van der Waals surface area contributed by atoms with Crippen LogP contribution in [0.5, 0.6) is 5.75 Å². The average Bonchev–Trinajstić information content (AvgIpc) is 2.71. The number of aryl methyl sites for hydroxylation is 3. The van der Waals surface area contributed by atoms with Gasteiger partial charge in [-0.2, -0.15) is 0 Å². The van der Waals surface area contributed by atoms with Crippen molar-refractivity contribution in [1.82, 2.24) is 9.97 Å². The maximum atomic E-state index is 12.7. The maximum Gasteiger partial charge on any atom is 0.274 e. The Morgan fingerprint density at radius 3 is 2.48 bits per heavy atom. The maximum absolute atomic E-state index is 12.7. The fourth-order valence-corrected chi connectivity index (χ4v) is 3.05. The molecule has 0 radical (unpaired) electrons. The number of carbonyl (C=O) groups excluding carboxylic acids is 1. The predicted octanol–water partition coefficient (Wildman–Crippen LogP) is 5.05. The second-order valence-corrected chi connectivity index (χ2v) is 6.72.